The molecule has 4 heteroatoms. The first-order valence-corrected chi connectivity index (χ1v) is 3.75. The summed E-state index contributed by atoms with van der Waals surface area (Å²) in [6, 6.07) is 0. The maximum absolute atomic E-state index is 10.3. The molecule has 4 nitrogen and oxygen atoms in total. The normalized spacial score (nSPS) is 12.8. The summed E-state index contributed by atoms with van der Waals surface area (Å²) in [7, 11) is 3.01. The van der Waals surface area contributed by atoms with Crippen molar-refractivity contribution in [1.29, 1.82) is 0 Å². The molecule has 0 radical (unpaired) electrons. The quantitative estimate of drug-likeness (QED) is 0.398. The molecular formula is C9H14O4. The topological polar surface area (TPSA) is 55.8 Å². The molecule has 0 heterocycles. The molecular weight excluding hydrogens is 172 g/mol. The van der Waals surface area contributed by atoms with Crippen LogP contribution in [0.1, 0.15) is 6.92 Å². The molecule has 0 aliphatic rings. The summed E-state index contributed by atoms with van der Waals surface area (Å²) in [5, 5.41) is 8.50. The van der Waals surface area contributed by atoms with Gasteiger partial charge in [0.15, 0.2) is 6.29 Å². The van der Waals surface area contributed by atoms with E-state index < -0.39 is 12.3 Å². The number of methoxy groups -OCH3 is 2. The molecule has 0 amide bonds. The molecule has 1 N–H and O–H groups in total. The Hall–Kier alpha value is -1.13. The van der Waals surface area contributed by atoms with Gasteiger partial charge in [0.25, 0.3) is 0 Å². The van der Waals surface area contributed by atoms with Gasteiger partial charge in [-0.3, -0.25) is 0 Å². The van der Waals surface area contributed by atoms with Gasteiger partial charge in [0.05, 0.1) is 0 Å². The van der Waals surface area contributed by atoms with Gasteiger partial charge >= 0.3 is 5.97 Å². The van der Waals surface area contributed by atoms with Crippen LogP contribution in [0.2, 0.25) is 0 Å². The number of hydrogen-bond acceptors (Lipinski definition) is 3. The Morgan fingerprint density at radius 3 is 2.31 bits per heavy atom. The summed E-state index contributed by atoms with van der Waals surface area (Å²) < 4.78 is 9.71. The zero-order chi connectivity index (χ0) is 10.3. The second kappa shape index (κ2) is 6.39. The molecule has 0 saturated heterocycles. The third-order valence-corrected chi connectivity index (χ3v) is 1.42. The Bertz CT molecular complexity index is 214. The lowest BCUT2D eigenvalue weighted by molar-refractivity contribution is -0.132. The number of allylic oxidation sites excluding steroid dienone is 2. The van der Waals surface area contributed by atoms with Crippen molar-refractivity contribution in [2.45, 2.75) is 13.2 Å². The van der Waals surface area contributed by atoms with Gasteiger partial charge in [-0.05, 0) is 13.0 Å². The van der Waals surface area contributed by atoms with Crippen LogP contribution in [0, 0.1) is 0 Å². The Kier molecular flexibility index (Phi) is 5.84. The van der Waals surface area contributed by atoms with E-state index in [1.165, 1.54) is 27.2 Å². The average Bonchev–Trinajstić information content (AvgIpc) is 2.12. The smallest absolute Gasteiger partial charge is 0.331 e. The van der Waals surface area contributed by atoms with E-state index in [2.05, 4.69) is 0 Å². The standard InChI is InChI=1S/C9H14O4/c1-7(9(10)11)5-4-6-8(12-2)13-3/h4-6,8H,1-3H3,(H,10,11). The third kappa shape index (κ3) is 5.16. The zero-order valence-corrected chi connectivity index (χ0v) is 7.98. The SMILES string of the molecule is COC(C=CC=C(C)C(=O)O)OC. The van der Waals surface area contributed by atoms with Crippen molar-refractivity contribution in [2.75, 3.05) is 14.2 Å². The molecule has 0 fully saturated rings. The average molecular weight is 186 g/mol. The monoisotopic (exact) mass is 186 g/mol. The van der Waals surface area contributed by atoms with E-state index in [1.807, 2.05) is 0 Å². The van der Waals surface area contributed by atoms with Gasteiger partial charge in [-0.15, -0.1) is 0 Å². The van der Waals surface area contributed by atoms with Crippen molar-refractivity contribution < 1.29 is 19.4 Å². The summed E-state index contributed by atoms with van der Waals surface area (Å²) >= 11 is 0. The van der Waals surface area contributed by atoms with Crippen LogP contribution in [0.4, 0.5) is 0 Å². The first-order chi connectivity index (χ1) is 6.11. The van der Waals surface area contributed by atoms with Crippen molar-refractivity contribution in [3.05, 3.63) is 23.8 Å². The molecule has 13 heavy (non-hydrogen) atoms. The lowest BCUT2D eigenvalue weighted by atomic mass is 10.3. The van der Waals surface area contributed by atoms with E-state index in [-0.39, 0.29) is 5.57 Å². The minimum absolute atomic E-state index is 0.266. The number of hydrogen-bond donors (Lipinski definition) is 1. The Balaban J connectivity index is 4.12. The molecule has 0 aromatic rings. The van der Waals surface area contributed by atoms with E-state index in [1.54, 1.807) is 12.2 Å². The molecule has 0 spiro atoms. The summed E-state index contributed by atoms with van der Waals surface area (Å²) in [6.45, 7) is 1.52. The fraction of sp³-hybridized carbons (Fsp3) is 0.444. The van der Waals surface area contributed by atoms with Crippen molar-refractivity contribution >= 4 is 5.97 Å². The van der Waals surface area contributed by atoms with Crippen molar-refractivity contribution in [3.8, 4) is 0 Å². The van der Waals surface area contributed by atoms with Crippen LogP contribution < -0.4 is 0 Å². The lowest BCUT2D eigenvalue weighted by Gasteiger charge is -2.06. The van der Waals surface area contributed by atoms with Gasteiger partial charge < -0.3 is 14.6 Å². The predicted octanol–water partition coefficient (Wildman–Crippen LogP) is 1.19. The fourth-order valence-corrected chi connectivity index (χ4v) is 0.615. The molecule has 0 atom stereocenters. The van der Waals surface area contributed by atoms with E-state index >= 15 is 0 Å². The van der Waals surface area contributed by atoms with E-state index in [4.69, 9.17) is 14.6 Å². The van der Waals surface area contributed by atoms with Crippen LogP contribution in [0.3, 0.4) is 0 Å². The molecule has 0 aromatic carbocycles. The molecule has 0 unspecified atom stereocenters. The van der Waals surface area contributed by atoms with Crippen molar-refractivity contribution in [1.82, 2.24) is 0 Å². The number of aliphatic carboxylic acids is 1. The van der Waals surface area contributed by atoms with Gasteiger partial charge in [0.1, 0.15) is 0 Å². The molecule has 0 aliphatic heterocycles. The van der Waals surface area contributed by atoms with Crippen LogP contribution in [0.25, 0.3) is 0 Å². The van der Waals surface area contributed by atoms with Crippen LogP contribution in [-0.2, 0) is 14.3 Å². The van der Waals surface area contributed by atoms with Crippen molar-refractivity contribution in [2.24, 2.45) is 0 Å². The minimum Gasteiger partial charge on any atom is -0.478 e. The van der Waals surface area contributed by atoms with E-state index in [0.717, 1.165) is 0 Å². The maximum Gasteiger partial charge on any atom is 0.331 e. The highest BCUT2D eigenvalue weighted by Crippen LogP contribution is 1.96. The van der Waals surface area contributed by atoms with Gasteiger partial charge in [0.2, 0.25) is 0 Å². The Morgan fingerprint density at radius 1 is 1.38 bits per heavy atom. The van der Waals surface area contributed by atoms with Gasteiger partial charge in [-0.1, -0.05) is 12.2 Å². The van der Waals surface area contributed by atoms with Crippen LogP contribution in [0.5, 0.6) is 0 Å². The van der Waals surface area contributed by atoms with E-state index in [0.29, 0.717) is 0 Å². The van der Waals surface area contributed by atoms with Gasteiger partial charge in [0, 0.05) is 19.8 Å². The van der Waals surface area contributed by atoms with Gasteiger partial charge in [-0.25, -0.2) is 4.79 Å². The number of carboxylic acids is 1. The minimum atomic E-state index is -0.934. The molecule has 0 bridgehead atoms. The number of ether oxygens (including phenoxy) is 2. The van der Waals surface area contributed by atoms with Gasteiger partial charge in [-0.2, -0.15) is 0 Å². The number of carbonyl (C=O) groups is 1. The highest BCUT2D eigenvalue weighted by Gasteiger charge is 1.98. The summed E-state index contributed by atoms with van der Waals surface area (Å²) in [5.74, 6) is -0.934. The second-order valence-corrected chi connectivity index (χ2v) is 2.38. The largest absolute Gasteiger partial charge is 0.478 e. The summed E-state index contributed by atoms with van der Waals surface area (Å²) in [6.07, 6.45) is 4.25. The highest BCUT2D eigenvalue weighted by molar-refractivity contribution is 5.86. The lowest BCUT2D eigenvalue weighted by Crippen LogP contribution is -2.08. The molecule has 0 rings (SSSR count). The first-order valence-electron chi connectivity index (χ1n) is 3.75. The maximum atomic E-state index is 10.3. The zero-order valence-electron chi connectivity index (χ0n) is 7.98. The van der Waals surface area contributed by atoms with E-state index in [9.17, 15) is 4.79 Å². The molecule has 0 aliphatic carbocycles. The second-order valence-electron chi connectivity index (χ2n) is 2.38. The van der Waals surface area contributed by atoms with Crippen LogP contribution in [0.15, 0.2) is 23.8 Å². The third-order valence-electron chi connectivity index (χ3n) is 1.42. The number of rotatable bonds is 5. The number of carboxylic acid groups (broad SMARTS) is 1. The molecule has 0 aromatic heterocycles. The molecule has 0 saturated carbocycles. The summed E-state index contributed by atoms with van der Waals surface area (Å²) in [5.41, 5.74) is 0.266. The predicted molar refractivity (Wildman–Crippen MR) is 48.3 cm³/mol. The Labute approximate surface area is 77.5 Å². The molecule has 74 valence electrons. The Morgan fingerprint density at radius 2 is 1.92 bits per heavy atom. The van der Waals surface area contributed by atoms with Crippen LogP contribution >= 0.6 is 0 Å². The van der Waals surface area contributed by atoms with Crippen molar-refractivity contribution in [3.63, 3.8) is 0 Å². The highest BCUT2D eigenvalue weighted by atomic mass is 16.7. The first kappa shape index (κ1) is 11.9. The summed E-state index contributed by atoms with van der Waals surface area (Å²) in [4.78, 5) is 10.3. The van der Waals surface area contributed by atoms with Crippen LogP contribution in [-0.4, -0.2) is 31.6 Å². The fourth-order valence-electron chi connectivity index (χ4n) is 0.615.